The molecule has 0 spiro atoms. The molecule has 1 unspecified atom stereocenters. The molecule has 0 radical (unpaired) electrons. The summed E-state index contributed by atoms with van der Waals surface area (Å²) >= 11 is 0. The van der Waals surface area contributed by atoms with E-state index in [0.717, 1.165) is 12.1 Å². The van der Waals surface area contributed by atoms with E-state index in [-0.39, 0.29) is 0 Å². The number of hydrogen-bond acceptors (Lipinski definition) is 3. The Morgan fingerprint density at radius 1 is 1.69 bits per heavy atom. The SMILES string of the molecule is C=C(C)COCCNC(C)c1cnn(C)c1. The molecule has 90 valence electrons. The quantitative estimate of drug-likeness (QED) is 0.564. The van der Waals surface area contributed by atoms with Gasteiger partial charge >= 0.3 is 0 Å². The van der Waals surface area contributed by atoms with Crippen LogP contribution in [0.15, 0.2) is 24.5 Å². The molecule has 0 aliphatic heterocycles. The molecule has 1 aromatic rings. The van der Waals surface area contributed by atoms with Crippen molar-refractivity contribution in [1.82, 2.24) is 15.1 Å². The molecule has 0 aliphatic rings. The summed E-state index contributed by atoms with van der Waals surface area (Å²) in [5, 5.41) is 7.52. The van der Waals surface area contributed by atoms with Gasteiger partial charge < -0.3 is 10.1 Å². The molecule has 0 aliphatic carbocycles. The highest BCUT2D eigenvalue weighted by molar-refractivity contribution is 5.08. The molecule has 1 rings (SSSR count). The zero-order valence-corrected chi connectivity index (χ0v) is 10.4. The first-order chi connectivity index (χ1) is 7.59. The van der Waals surface area contributed by atoms with Gasteiger partial charge in [-0.15, -0.1) is 0 Å². The lowest BCUT2D eigenvalue weighted by Gasteiger charge is -2.11. The highest BCUT2D eigenvalue weighted by Gasteiger charge is 2.05. The van der Waals surface area contributed by atoms with Crippen molar-refractivity contribution in [3.63, 3.8) is 0 Å². The summed E-state index contributed by atoms with van der Waals surface area (Å²) in [6.07, 6.45) is 3.90. The van der Waals surface area contributed by atoms with Crippen LogP contribution in [0.5, 0.6) is 0 Å². The fraction of sp³-hybridized carbons (Fsp3) is 0.583. The highest BCUT2D eigenvalue weighted by Crippen LogP contribution is 2.09. The van der Waals surface area contributed by atoms with Crippen molar-refractivity contribution in [3.8, 4) is 0 Å². The number of aromatic nitrogens is 2. The van der Waals surface area contributed by atoms with Crippen molar-refractivity contribution < 1.29 is 4.74 Å². The standard InChI is InChI=1S/C12H21N3O/c1-10(2)9-16-6-5-13-11(3)12-7-14-15(4)8-12/h7-8,11,13H,1,5-6,9H2,2-4H3. The molecule has 16 heavy (non-hydrogen) atoms. The second kappa shape index (κ2) is 6.45. The molecule has 1 heterocycles. The van der Waals surface area contributed by atoms with Gasteiger partial charge in [0.15, 0.2) is 0 Å². The fourth-order valence-electron chi connectivity index (χ4n) is 1.38. The van der Waals surface area contributed by atoms with Crippen LogP contribution in [0.1, 0.15) is 25.5 Å². The Kier molecular flexibility index (Phi) is 5.22. The van der Waals surface area contributed by atoms with E-state index in [2.05, 4.69) is 23.9 Å². The van der Waals surface area contributed by atoms with Gasteiger partial charge in [0.2, 0.25) is 0 Å². The number of rotatable bonds is 7. The summed E-state index contributed by atoms with van der Waals surface area (Å²) in [6, 6.07) is 0.308. The van der Waals surface area contributed by atoms with Crippen LogP contribution < -0.4 is 5.32 Å². The molecule has 1 N–H and O–H groups in total. The molecule has 4 nitrogen and oxygen atoms in total. The molecule has 0 fully saturated rings. The predicted octanol–water partition coefficient (Wildman–Crippen LogP) is 1.66. The summed E-state index contributed by atoms with van der Waals surface area (Å²) in [7, 11) is 1.92. The van der Waals surface area contributed by atoms with E-state index in [9.17, 15) is 0 Å². The summed E-state index contributed by atoms with van der Waals surface area (Å²) in [6.45, 7) is 10.1. The Morgan fingerprint density at radius 3 is 3.00 bits per heavy atom. The van der Waals surface area contributed by atoms with Gasteiger partial charge in [-0.2, -0.15) is 5.10 Å². The van der Waals surface area contributed by atoms with Gasteiger partial charge in [0.25, 0.3) is 0 Å². The van der Waals surface area contributed by atoms with Crippen LogP contribution in [-0.2, 0) is 11.8 Å². The average molecular weight is 223 g/mol. The topological polar surface area (TPSA) is 39.1 Å². The lowest BCUT2D eigenvalue weighted by molar-refractivity contribution is 0.156. The first-order valence-electron chi connectivity index (χ1n) is 5.53. The average Bonchev–Trinajstić information content (AvgIpc) is 2.63. The van der Waals surface area contributed by atoms with E-state index in [1.807, 2.05) is 31.0 Å². The van der Waals surface area contributed by atoms with Crippen molar-refractivity contribution in [2.75, 3.05) is 19.8 Å². The van der Waals surface area contributed by atoms with E-state index in [4.69, 9.17) is 4.74 Å². The van der Waals surface area contributed by atoms with Crippen molar-refractivity contribution in [2.24, 2.45) is 7.05 Å². The minimum Gasteiger partial charge on any atom is -0.376 e. The van der Waals surface area contributed by atoms with Crippen LogP contribution in [0.3, 0.4) is 0 Å². The first-order valence-corrected chi connectivity index (χ1v) is 5.53. The number of nitrogens with one attached hydrogen (secondary N) is 1. The highest BCUT2D eigenvalue weighted by atomic mass is 16.5. The molecule has 1 aromatic heterocycles. The van der Waals surface area contributed by atoms with Gasteiger partial charge in [-0.3, -0.25) is 4.68 Å². The monoisotopic (exact) mass is 223 g/mol. The smallest absolute Gasteiger partial charge is 0.0672 e. The number of ether oxygens (including phenoxy) is 1. The molecule has 1 atom stereocenters. The van der Waals surface area contributed by atoms with Gasteiger partial charge in [-0.25, -0.2) is 0 Å². The van der Waals surface area contributed by atoms with Gasteiger partial charge in [-0.1, -0.05) is 12.2 Å². The summed E-state index contributed by atoms with van der Waals surface area (Å²) in [5.41, 5.74) is 2.25. The zero-order valence-electron chi connectivity index (χ0n) is 10.4. The van der Waals surface area contributed by atoms with Crippen LogP contribution in [0.25, 0.3) is 0 Å². The van der Waals surface area contributed by atoms with Gasteiger partial charge in [0, 0.05) is 31.4 Å². The maximum absolute atomic E-state index is 5.40. The molecule has 0 saturated heterocycles. The van der Waals surface area contributed by atoms with E-state index >= 15 is 0 Å². The van der Waals surface area contributed by atoms with Crippen molar-refractivity contribution >= 4 is 0 Å². The van der Waals surface area contributed by atoms with Crippen LogP contribution >= 0.6 is 0 Å². The van der Waals surface area contributed by atoms with Crippen molar-refractivity contribution in [1.29, 1.82) is 0 Å². The Morgan fingerprint density at radius 2 is 2.44 bits per heavy atom. The largest absolute Gasteiger partial charge is 0.376 e. The molecule has 0 saturated carbocycles. The van der Waals surface area contributed by atoms with E-state index in [0.29, 0.717) is 19.3 Å². The second-order valence-corrected chi connectivity index (χ2v) is 4.13. The molecule has 0 aromatic carbocycles. The Balaban J connectivity index is 2.15. The fourth-order valence-corrected chi connectivity index (χ4v) is 1.38. The summed E-state index contributed by atoms with van der Waals surface area (Å²) in [5.74, 6) is 0. The van der Waals surface area contributed by atoms with Crippen molar-refractivity contribution in [2.45, 2.75) is 19.9 Å². The summed E-state index contributed by atoms with van der Waals surface area (Å²) < 4.78 is 7.21. The Bertz CT molecular complexity index is 333. The number of hydrogen-bond donors (Lipinski definition) is 1. The molecule has 4 heteroatoms. The third-order valence-electron chi connectivity index (χ3n) is 2.27. The van der Waals surface area contributed by atoms with Crippen LogP contribution in [-0.4, -0.2) is 29.5 Å². The Hall–Kier alpha value is -1.13. The predicted molar refractivity (Wildman–Crippen MR) is 65.3 cm³/mol. The van der Waals surface area contributed by atoms with E-state index in [1.54, 1.807) is 0 Å². The van der Waals surface area contributed by atoms with Gasteiger partial charge in [0.05, 0.1) is 19.4 Å². The first kappa shape index (κ1) is 12.9. The maximum Gasteiger partial charge on any atom is 0.0672 e. The van der Waals surface area contributed by atoms with Crippen LogP contribution in [0.2, 0.25) is 0 Å². The van der Waals surface area contributed by atoms with Gasteiger partial charge in [0.1, 0.15) is 0 Å². The Labute approximate surface area is 97.3 Å². The van der Waals surface area contributed by atoms with E-state index < -0.39 is 0 Å². The van der Waals surface area contributed by atoms with E-state index in [1.165, 1.54) is 5.56 Å². The minimum absolute atomic E-state index is 0.308. The molecule has 0 bridgehead atoms. The number of aryl methyl sites for hydroxylation is 1. The maximum atomic E-state index is 5.40. The van der Waals surface area contributed by atoms with Crippen LogP contribution in [0, 0.1) is 0 Å². The summed E-state index contributed by atoms with van der Waals surface area (Å²) in [4.78, 5) is 0. The number of nitrogens with zero attached hydrogens (tertiary/aromatic N) is 2. The molecular weight excluding hydrogens is 202 g/mol. The zero-order chi connectivity index (χ0) is 12.0. The molecular formula is C12H21N3O. The third kappa shape index (κ3) is 4.59. The lowest BCUT2D eigenvalue weighted by Crippen LogP contribution is -2.23. The third-order valence-corrected chi connectivity index (χ3v) is 2.27. The van der Waals surface area contributed by atoms with Crippen LogP contribution in [0.4, 0.5) is 0 Å². The molecule has 0 amide bonds. The van der Waals surface area contributed by atoms with Crippen molar-refractivity contribution in [3.05, 3.63) is 30.1 Å². The normalized spacial score (nSPS) is 12.7. The lowest BCUT2D eigenvalue weighted by atomic mass is 10.2. The second-order valence-electron chi connectivity index (χ2n) is 4.13. The minimum atomic E-state index is 0.308. The van der Waals surface area contributed by atoms with Gasteiger partial charge in [-0.05, 0) is 13.8 Å².